The Hall–Kier alpha value is -2.22. The first-order valence-electron chi connectivity index (χ1n) is 9.63. The van der Waals surface area contributed by atoms with Crippen molar-refractivity contribution < 1.29 is 4.79 Å². The molecule has 8 heteroatoms. The average Bonchev–Trinajstić information content (AvgIpc) is 3.09. The normalized spacial score (nSPS) is 19.3. The smallest absolute Gasteiger partial charge is 0.223 e. The van der Waals surface area contributed by atoms with Crippen molar-refractivity contribution in [1.82, 2.24) is 29.6 Å². The van der Waals surface area contributed by atoms with Gasteiger partial charge >= 0.3 is 0 Å². The van der Waals surface area contributed by atoms with Crippen LogP contribution in [0.1, 0.15) is 31.5 Å². The van der Waals surface area contributed by atoms with Crippen LogP contribution in [0, 0.1) is 0 Å². The lowest BCUT2D eigenvalue weighted by molar-refractivity contribution is -0.132. The molecule has 0 aliphatic carbocycles. The predicted octanol–water partition coefficient (Wildman–Crippen LogP) is 0.821. The number of hydrogen-bond donors (Lipinski definition) is 0. The van der Waals surface area contributed by atoms with Gasteiger partial charge in [0.05, 0.1) is 0 Å². The third-order valence-corrected chi connectivity index (χ3v) is 5.41. The zero-order chi connectivity index (χ0) is 17.9. The van der Waals surface area contributed by atoms with Crippen LogP contribution in [0.3, 0.4) is 0 Å². The predicted molar refractivity (Wildman–Crippen MR) is 99.2 cm³/mol. The molecular weight excluding hydrogens is 330 g/mol. The molecule has 0 bridgehead atoms. The van der Waals surface area contributed by atoms with Gasteiger partial charge in [0.2, 0.25) is 5.91 Å². The molecule has 4 rings (SSSR count). The molecule has 2 aliphatic heterocycles. The van der Waals surface area contributed by atoms with Gasteiger partial charge in [-0.2, -0.15) is 4.52 Å². The fourth-order valence-corrected chi connectivity index (χ4v) is 3.70. The van der Waals surface area contributed by atoms with Gasteiger partial charge in [0.1, 0.15) is 5.82 Å². The number of hydrogen-bond acceptors (Lipinski definition) is 6. The largest absolute Gasteiger partial charge is 0.355 e. The van der Waals surface area contributed by atoms with E-state index in [1.165, 1.54) is 19.3 Å². The van der Waals surface area contributed by atoms with Crippen molar-refractivity contribution in [1.29, 1.82) is 0 Å². The fourth-order valence-electron chi connectivity index (χ4n) is 3.70. The van der Waals surface area contributed by atoms with Gasteiger partial charge < -0.3 is 14.7 Å². The molecule has 0 aromatic carbocycles. The van der Waals surface area contributed by atoms with Gasteiger partial charge in [0, 0.05) is 52.1 Å². The summed E-state index contributed by atoms with van der Waals surface area (Å²) in [5.74, 6) is 1.94. The summed E-state index contributed by atoms with van der Waals surface area (Å²) >= 11 is 0. The van der Waals surface area contributed by atoms with Crippen molar-refractivity contribution in [3.63, 3.8) is 0 Å². The van der Waals surface area contributed by atoms with Crippen molar-refractivity contribution in [3.8, 4) is 0 Å². The molecule has 8 nitrogen and oxygen atoms in total. The average molecular weight is 357 g/mol. The zero-order valence-corrected chi connectivity index (χ0v) is 15.5. The molecule has 0 saturated carbocycles. The van der Waals surface area contributed by atoms with Crippen molar-refractivity contribution in [3.05, 3.63) is 18.0 Å². The molecule has 0 radical (unpaired) electrons. The highest BCUT2D eigenvalue weighted by Crippen LogP contribution is 2.18. The van der Waals surface area contributed by atoms with Crippen molar-refractivity contribution >= 4 is 17.4 Å². The number of piperidine rings is 1. The second-order valence-electron chi connectivity index (χ2n) is 7.31. The Labute approximate surface area is 153 Å². The first-order chi connectivity index (χ1) is 12.7. The Balaban J connectivity index is 1.43. The molecule has 0 unspecified atom stereocenters. The standard InChI is InChI=1S/C18H27N7O/c1-22-11-13-24(14-12-22)18(26)8-7-16-20-19-15-5-6-17(21-25(15)16)23-9-3-2-4-10-23/h5-6H,2-4,7-14H2,1H3. The van der Waals surface area contributed by atoms with E-state index in [0.717, 1.165) is 56.6 Å². The molecule has 2 fully saturated rings. The summed E-state index contributed by atoms with van der Waals surface area (Å²) < 4.78 is 1.81. The second kappa shape index (κ2) is 7.57. The maximum absolute atomic E-state index is 12.5. The molecule has 2 saturated heterocycles. The number of rotatable bonds is 4. The molecule has 0 atom stereocenters. The van der Waals surface area contributed by atoms with Crippen LogP contribution in [0.2, 0.25) is 0 Å². The minimum Gasteiger partial charge on any atom is -0.355 e. The third-order valence-electron chi connectivity index (χ3n) is 5.41. The van der Waals surface area contributed by atoms with Crippen molar-refractivity contribution in [2.75, 3.05) is 51.2 Å². The van der Waals surface area contributed by atoms with Crippen molar-refractivity contribution in [2.45, 2.75) is 32.1 Å². The molecule has 140 valence electrons. The SMILES string of the molecule is CN1CCN(C(=O)CCc2nnc3ccc(N4CCCCC4)nn23)CC1. The van der Waals surface area contributed by atoms with E-state index in [2.05, 4.69) is 27.0 Å². The van der Waals surface area contributed by atoms with E-state index in [1.807, 2.05) is 17.0 Å². The minimum absolute atomic E-state index is 0.196. The Morgan fingerprint density at radius 1 is 1.00 bits per heavy atom. The van der Waals surface area contributed by atoms with Crippen LogP contribution >= 0.6 is 0 Å². The number of nitrogens with zero attached hydrogens (tertiary/aromatic N) is 7. The van der Waals surface area contributed by atoms with E-state index in [1.54, 1.807) is 4.52 Å². The van der Waals surface area contributed by atoms with Gasteiger partial charge in [-0.25, -0.2) is 0 Å². The summed E-state index contributed by atoms with van der Waals surface area (Å²) in [6.07, 6.45) is 4.76. The number of piperazine rings is 1. The molecular formula is C18H27N7O. The monoisotopic (exact) mass is 357 g/mol. The number of carbonyl (C=O) groups is 1. The summed E-state index contributed by atoms with van der Waals surface area (Å²) in [5.41, 5.74) is 0.743. The maximum atomic E-state index is 12.5. The molecule has 0 spiro atoms. The molecule has 2 aromatic heterocycles. The molecule has 0 N–H and O–H groups in total. The lowest BCUT2D eigenvalue weighted by Gasteiger charge is -2.32. The number of likely N-dealkylation sites (N-methyl/N-ethyl adjacent to an activating group) is 1. The molecule has 2 aromatic rings. The Morgan fingerprint density at radius 3 is 2.54 bits per heavy atom. The summed E-state index contributed by atoms with van der Waals surface area (Å²) in [6, 6.07) is 3.99. The van der Waals surface area contributed by atoms with E-state index in [4.69, 9.17) is 5.10 Å². The van der Waals surface area contributed by atoms with Gasteiger partial charge in [-0.3, -0.25) is 4.79 Å². The molecule has 26 heavy (non-hydrogen) atoms. The lowest BCUT2D eigenvalue weighted by atomic mass is 10.1. The Morgan fingerprint density at radius 2 is 1.77 bits per heavy atom. The quantitative estimate of drug-likeness (QED) is 0.807. The summed E-state index contributed by atoms with van der Waals surface area (Å²) in [5, 5.41) is 13.2. The van der Waals surface area contributed by atoms with Crippen LogP contribution in [0.4, 0.5) is 5.82 Å². The van der Waals surface area contributed by atoms with Crippen LogP contribution in [0.5, 0.6) is 0 Å². The summed E-state index contributed by atoms with van der Waals surface area (Å²) in [7, 11) is 2.09. The highest BCUT2D eigenvalue weighted by molar-refractivity contribution is 5.76. The van der Waals surface area contributed by atoms with Gasteiger partial charge in [-0.05, 0) is 38.4 Å². The van der Waals surface area contributed by atoms with Gasteiger partial charge in [-0.1, -0.05) is 0 Å². The third kappa shape index (κ3) is 3.65. The van der Waals surface area contributed by atoms with E-state index >= 15 is 0 Å². The summed E-state index contributed by atoms with van der Waals surface area (Å²) in [4.78, 5) is 19.0. The van der Waals surface area contributed by atoms with Crippen LogP contribution in [0.15, 0.2) is 12.1 Å². The first-order valence-corrected chi connectivity index (χ1v) is 9.63. The van der Waals surface area contributed by atoms with Crippen molar-refractivity contribution in [2.24, 2.45) is 0 Å². The topological polar surface area (TPSA) is 69.9 Å². The van der Waals surface area contributed by atoms with Crippen LogP contribution < -0.4 is 4.90 Å². The number of fused-ring (bicyclic) bond motifs is 1. The fraction of sp³-hybridized carbons (Fsp3) is 0.667. The number of amides is 1. The lowest BCUT2D eigenvalue weighted by Crippen LogP contribution is -2.47. The molecule has 4 heterocycles. The van der Waals surface area contributed by atoms with Crippen LogP contribution in [0.25, 0.3) is 5.65 Å². The van der Waals surface area contributed by atoms with Gasteiger partial charge in [-0.15, -0.1) is 15.3 Å². The highest BCUT2D eigenvalue weighted by atomic mass is 16.2. The van der Waals surface area contributed by atoms with Crippen LogP contribution in [-0.4, -0.2) is 81.8 Å². The maximum Gasteiger partial charge on any atom is 0.223 e. The molecule has 1 amide bonds. The van der Waals surface area contributed by atoms with Crippen LogP contribution in [-0.2, 0) is 11.2 Å². The first kappa shape index (κ1) is 17.2. The summed E-state index contributed by atoms with van der Waals surface area (Å²) in [6.45, 7) is 5.62. The minimum atomic E-state index is 0.196. The zero-order valence-electron chi connectivity index (χ0n) is 15.5. The second-order valence-corrected chi connectivity index (χ2v) is 7.31. The number of carbonyl (C=O) groups excluding carboxylic acids is 1. The molecule has 2 aliphatic rings. The van der Waals surface area contributed by atoms with E-state index in [0.29, 0.717) is 12.8 Å². The highest BCUT2D eigenvalue weighted by Gasteiger charge is 2.20. The Bertz CT molecular complexity index is 760. The van der Waals surface area contributed by atoms with Gasteiger partial charge in [0.25, 0.3) is 0 Å². The number of aryl methyl sites for hydroxylation is 1. The van der Waals surface area contributed by atoms with E-state index < -0.39 is 0 Å². The number of anilines is 1. The van der Waals surface area contributed by atoms with Gasteiger partial charge in [0.15, 0.2) is 11.5 Å². The van der Waals surface area contributed by atoms with E-state index in [9.17, 15) is 4.79 Å². The Kier molecular flexibility index (Phi) is 5.01. The number of aromatic nitrogens is 4. The van der Waals surface area contributed by atoms with E-state index in [-0.39, 0.29) is 5.91 Å².